The highest BCUT2D eigenvalue weighted by molar-refractivity contribution is 5.94. The molecule has 0 unspecified atom stereocenters. The van der Waals surface area contributed by atoms with Crippen LogP contribution >= 0.6 is 0 Å². The lowest BCUT2D eigenvalue weighted by Crippen LogP contribution is -2.29. The van der Waals surface area contributed by atoms with E-state index >= 15 is 0 Å². The van der Waals surface area contributed by atoms with E-state index in [1.807, 2.05) is 25.1 Å². The second-order valence-corrected chi connectivity index (χ2v) is 4.83. The predicted molar refractivity (Wildman–Crippen MR) is 80.0 cm³/mol. The Morgan fingerprint density at radius 1 is 1.13 bits per heavy atom. The van der Waals surface area contributed by atoms with E-state index in [4.69, 9.17) is 4.74 Å². The van der Waals surface area contributed by atoms with Gasteiger partial charge in [-0.3, -0.25) is 4.79 Å². The molecule has 0 bridgehead atoms. The SMILES string of the molecule is CCc1cccc(OCCNC(=O)c2ccc(F)c(F)c2F)c1. The van der Waals surface area contributed by atoms with E-state index in [0.29, 0.717) is 11.8 Å². The van der Waals surface area contributed by atoms with E-state index in [2.05, 4.69) is 5.32 Å². The van der Waals surface area contributed by atoms with Gasteiger partial charge in [-0.15, -0.1) is 0 Å². The molecule has 1 amide bonds. The third-order valence-electron chi connectivity index (χ3n) is 3.24. The molecule has 0 aliphatic carbocycles. The third-order valence-corrected chi connectivity index (χ3v) is 3.24. The lowest BCUT2D eigenvalue weighted by Gasteiger charge is -2.09. The average molecular weight is 323 g/mol. The van der Waals surface area contributed by atoms with Crippen molar-refractivity contribution in [1.82, 2.24) is 5.32 Å². The second kappa shape index (κ2) is 7.67. The van der Waals surface area contributed by atoms with Gasteiger partial charge >= 0.3 is 0 Å². The van der Waals surface area contributed by atoms with E-state index in [9.17, 15) is 18.0 Å². The van der Waals surface area contributed by atoms with E-state index in [1.165, 1.54) is 0 Å². The van der Waals surface area contributed by atoms with Gasteiger partial charge in [-0.25, -0.2) is 13.2 Å². The molecular formula is C17H16F3NO2. The summed E-state index contributed by atoms with van der Waals surface area (Å²) >= 11 is 0. The van der Waals surface area contributed by atoms with Crippen molar-refractivity contribution < 1.29 is 22.7 Å². The van der Waals surface area contributed by atoms with Crippen molar-refractivity contribution in [2.45, 2.75) is 13.3 Å². The maximum Gasteiger partial charge on any atom is 0.254 e. The van der Waals surface area contributed by atoms with E-state index in [0.717, 1.165) is 18.1 Å². The van der Waals surface area contributed by atoms with Gasteiger partial charge in [-0.2, -0.15) is 0 Å². The van der Waals surface area contributed by atoms with E-state index < -0.39 is 28.9 Å². The number of halogens is 3. The molecule has 6 heteroatoms. The maximum atomic E-state index is 13.5. The zero-order valence-electron chi connectivity index (χ0n) is 12.5. The Bertz CT molecular complexity index is 704. The summed E-state index contributed by atoms with van der Waals surface area (Å²) in [7, 11) is 0. The van der Waals surface area contributed by atoms with Crippen LogP contribution in [0, 0.1) is 17.5 Å². The van der Waals surface area contributed by atoms with Gasteiger partial charge in [0.1, 0.15) is 12.4 Å². The Hall–Kier alpha value is -2.50. The lowest BCUT2D eigenvalue weighted by atomic mass is 10.2. The van der Waals surface area contributed by atoms with Gasteiger partial charge in [0.2, 0.25) is 0 Å². The number of carbonyl (C=O) groups is 1. The highest BCUT2D eigenvalue weighted by Gasteiger charge is 2.18. The monoisotopic (exact) mass is 323 g/mol. The van der Waals surface area contributed by atoms with Gasteiger partial charge in [0.15, 0.2) is 17.5 Å². The summed E-state index contributed by atoms with van der Waals surface area (Å²) < 4.78 is 44.8. The largest absolute Gasteiger partial charge is 0.492 e. The number of nitrogens with one attached hydrogen (secondary N) is 1. The molecule has 1 N–H and O–H groups in total. The first-order chi connectivity index (χ1) is 11.0. The fourth-order valence-electron chi connectivity index (χ4n) is 1.99. The summed E-state index contributed by atoms with van der Waals surface area (Å²) in [4.78, 5) is 11.7. The average Bonchev–Trinajstić information content (AvgIpc) is 2.56. The van der Waals surface area contributed by atoms with Gasteiger partial charge in [-0.1, -0.05) is 19.1 Å². The van der Waals surface area contributed by atoms with Crippen LogP contribution in [-0.2, 0) is 6.42 Å². The second-order valence-electron chi connectivity index (χ2n) is 4.83. The first-order valence-corrected chi connectivity index (χ1v) is 7.16. The molecule has 0 spiro atoms. The number of hydrogen-bond donors (Lipinski definition) is 1. The van der Waals surface area contributed by atoms with Crippen LogP contribution in [-0.4, -0.2) is 19.1 Å². The summed E-state index contributed by atoms with van der Waals surface area (Å²) in [5, 5.41) is 2.39. The molecule has 122 valence electrons. The highest BCUT2D eigenvalue weighted by Crippen LogP contribution is 2.15. The van der Waals surface area contributed by atoms with Crippen molar-refractivity contribution in [2.75, 3.05) is 13.2 Å². The Labute approximate surface area is 132 Å². The van der Waals surface area contributed by atoms with Crippen molar-refractivity contribution in [3.05, 3.63) is 65.0 Å². The van der Waals surface area contributed by atoms with Crippen molar-refractivity contribution >= 4 is 5.91 Å². The first-order valence-electron chi connectivity index (χ1n) is 7.16. The zero-order valence-corrected chi connectivity index (χ0v) is 12.5. The maximum absolute atomic E-state index is 13.5. The van der Waals surface area contributed by atoms with Crippen LogP contribution in [0.4, 0.5) is 13.2 Å². The van der Waals surface area contributed by atoms with Crippen molar-refractivity contribution in [3.8, 4) is 5.75 Å². The molecule has 0 saturated heterocycles. The molecule has 0 atom stereocenters. The Balaban J connectivity index is 1.86. The van der Waals surface area contributed by atoms with Gasteiger partial charge in [0.05, 0.1) is 12.1 Å². The summed E-state index contributed by atoms with van der Waals surface area (Å²) in [5.41, 5.74) is 0.576. The van der Waals surface area contributed by atoms with Crippen molar-refractivity contribution in [2.24, 2.45) is 0 Å². The smallest absolute Gasteiger partial charge is 0.254 e. The molecule has 2 aromatic carbocycles. The molecule has 2 rings (SSSR count). The van der Waals surface area contributed by atoms with Crippen LogP contribution in [0.1, 0.15) is 22.8 Å². The fraction of sp³-hybridized carbons (Fsp3) is 0.235. The quantitative estimate of drug-likeness (QED) is 0.653. The Morgan fingerprint density at radius 3 is 2.65 bits per heavy atom. The number of ether oxygens (including phenoxy) is 1. The third kappa shape index (κ3) is 4.25. The summed E-state index contributed by atoms with van der Waals surface area (Å²) in [5.74, 6) is -4.66. The van der Waals surface area contributed by atoms with Crippen LogP contribution in [0.3, 0.4) is 0 Å². The topological polar surface area (TPSA) is 38.3 Å². The summed E-state index contributed by atoms with van der Waals surface area (Å²) in [6.07, 6.45) is 0.878. The molecule has 0 aliphatic heterocycles. The van der Waals surface area contributed by atoms with Gasteiger partial charge in [0, 0.05) is 0 Å². The number of benzene rings is 2. The van der Waals surface area contributed by atoms with Gasteiger partial charge < -0.3 is 10.1 Å². The van der Waals surface area contributed by atoms with Gasteiger partial charge in [-0.05, 0) is 36.2 Å². The molecule has 23 heavy (non-hydrogen) atoms. The minimum absolute atomic E-state index is 0.105. The first kappa shape index (κ1) is 16.9. The van der Waals surface area contributed by atoms with Gasteiger partial charge in [0.25, 0.3) is 5.91 Å². The van der Waals surface area contributed by atoms with Crippen molar-refractivity contribution in [3.63, 3.8) is 0 Å². The molecule has 2 aromatic rings. The number of aryl methyl sites for hydroxylation is 1. The lowest BCUT2D eigenvalue weighted by molar-refractivity contribution is 0.0941. The minimum Gasteiger partial charge on any atom is -0.492 e. The Kier molecular flexibility index (Phi) is 5.62. The highest BCUT2D eigenvalue weighted by atomic mass is 19.2. The van der Waals surface area contributed by atoms with Crippen LogP contribution < -0.4 is 10.1 Å². The fourth-order valence-corrected chi connectivity index (χ4v) is 1.99. The number of hydrogen-bond acceptors (Lipinski definition) is 2. The predicted octanol–water partition coefficient (Wildman–Crippen LogP) is 3.48. The van der Waals surface area contributed by atoms with Crippen LogP contribution in [0.5, 0.6) is 5.75 Å². The molecule has 0 saturated carbocycles. The Morgan fingerprint density at radius 2 is 1.91 bits per heavy atom. The van der Waals surface area contributed by atoms with E-state index in [-0.39, 0.29) is 13.2 Å². The molecule has 0 fully saturated rings. The standard InChI is InChI=1S/C17H16F3NO2/c1-2-11-4-3-5-12(10-11)23-9-8-21-17(22)13-6-7-14(18)16(20)15(13)19/h3-7,10H,2,8-9H2,1H3,(H,21,22). The molecule has 0 aromatic heterocycles. The molecule has 0 heterocycles. The van der Waals surface area contributed by atoms with Crippen LogP contribution in [0.15, 0.2) is 36.4 Å². The zero-order chi connectivity index (χ0) is 16.8. The normalized spacial score (nSPS) is 10.4. The molecule has 3 nitrogen and oxygen atoms in total. The van der Waals surface area contributed by atoms with E-state index in [1.54, 1.807) is 6.07 Å². The number of carbonyl (C=O) groups excluding carboxylic acids is 1. The number of rotatable bonds is 6. The van der Waals surface area contributed by atoms with Crippen LogP contribution in [0.2, 0.25) is 0 Å². The summed E-state index contributed by atoms with van der Waals surface area (Å²) in [6, 6.07) is 9.12. The number of amides is 1. The summed E-state index contributed by atoms with van der Waals surface area (Å²) in [6.45, 7) is 2.30. The molecule has 0 aliphatic rings. The molecular weight excluding hydrogens is 307 g/mol. The van der Waals surface area contributed by atoms with Crippen LogP contribution in [0.25, 0.3) is 0 Å². The minimum atomic E-state index is -1.66. The van der Waals surface area contributed by atoms with Crippen molar-refractivity contribution in [1.29, 1.82) is 0 Å². The molecule has 0 radical (unpaired) electrons.